The Bertz CT molecular complexity index is 1810. The smallest absolute Gasteiger partial charge is 0.204 e. The Balaban J connectivity index is 1.49. The molecule has 1 aliphatic heterocycles. The molecule has 6 aromatic rings. The molecule has 0 spiro atoms. The molecule has 0 aromatic heterocycles. The summed E-state index contributed by atoms with van der Waals surface area (Å²) in [5.41, 5.74) is 2.82. The van der Waals surface area contributed by atoms with E-state index in [1.54, 1.807) is 0 Å². The number of rotatable bonds is 2. The topological polar surface area (TPSA) is 3.01 Å². The third-order valence-electron chi connectivity index (χ3n) is 9.33. The molecule has 1 fully saturated rings. The van der Waals surface area contributed by atoms with Crippen LogP contribution in [0.1, 0.15) is 25.7 Å². The summed E-state index contributed by atoms with van der Waals surface area (Å²) in [7, 11) is 2.48. The van der Waals surface area contributed by atoms with Crippen molar-refractivity contribution in [1.29, 1.82) is 0 Å². The van der Waals surface area contributed by atoms with Crippen LogP contribution in [-0.4, -0.2) is 30.0 Å². The highest BCUT2D eigenvalue weighted by molar-refractivity contribution is 6.13. The first-order valence-corrected chi connectivity index (χ1v) is 14.0. The fourth-order valence-corrected chi connectivity index (χ4v) is 7.70. The van der Waals surface area contributed by atoms with Crippen LogP contribution >= 0.6 is 0 Å². The second-order valence-corrected chi connectivity index (χ2v) is 11.4. The molecule has 0 N–H and O–H groups in total. The molecule has 0 bridgehead atoms. The van der Waals surface area contributed by atoms with Gasteiger partial charge in [0.05, 0.1) is 17.8 Å². The number of fused-ring (bicyclic) bond motifs is 5. The predicted octanol–water partition coefficient (Wildman–Crippen LogP) is 8.93. The van der Waals surface area contributed by atoms with Gasteiger partial charge in [0, 0.05) is 23.6 Å². The van der Waals surface area contributed by atoms with Crippen molar-refractivity contribution in [2.75, 3.05) is 7.05 Å². The second kappa shape index (κ2) is 8.24. The molecule has 184 valence electrons. The van der Waals surface area contributed by atoms with Crippen molar-refractivity contribution >= 4 is 60.8 Å². The van der Waals surface area contributed by atoms with Gasteiger partial charge in [-0.3, -0.25) is 0 Å². The highest BCUT2D eigenvalue weighted by atomic mass is 15.5. The summed E-state index contributed by atoms with van der Waals surface area (Å²) in [6, 6.07) is 41.6. The van der Waals surface area contributed by atoms with Gasteiger partial charge in [-0.25, -0.2) is 4.48 Å². The van der Waals surface area contributed by atoms with Crippen molar-refractivity contribution in [2.24, 2.45) is 0 Å². The summed E-state index contributed by atoms with van der Waals surface area (Å²) in [4.78, 5) is 0. The summed E-state index contributed by atoms with van der Waals surface area (Å²) in [5.74, 6) is 0. The Morgan fingerprint density at radius 3 is 1.58 bits per heavy atom. The van der Waals surface area contributed by atoms with E-state index in [1.807, 2.05) is 0 Å². The molecule has 8 rings (SSSR count). The first-order valence-electron chi connectivity index (χ1n) is 14.0. The van der Waals surface area contributed by atoms with Gasteiger partial charge in [0.25, 0.3) is 0 Å². The molecule has 2 aliphatic rings. The van der Waals surface area contributed by atoms with E-state index in [-0.39, 0.29) is 0 Å². The van der Waals surface area contributed by atoms with E-state index in [9.17, 15) is 0 Å². The molecule has 0 saturated heterocycles. The molecular formula is C36H32N2+2. The van der Waals surface area contributed by atoms with Gasteiger partial charge in [-0.2, -0.15) is 0 Å². The number of hydrogen-bond donors (Lipinski definition) is 0. The number of quaternary nitrogens is 1. The maximum atomic E-state index is 2.70. The Labute approximate surface area is 223 Å². The van der Waals surface area contributed by atoms with Gasteiger partial charge < -0.3 is 0 Å². The van der Waals surface area contributed by atoms with Gasteiger partial charge in [-0.05, 0) is 70.8 Å². The lowest BCUT2D eigenvalue weighted by atomic mass is 9.87. The highest BCUT2D eigenvalue weighted by Crippen LogP contribution is 2.47. The van der Waals surface area contributed by atoms with E-state index in [2.05, 4.69) is 127 Å². The molecule has 1 saturated carbocycles. The Morgan fingerprint density at radius 2 is 1.03 bits per heavy atom. The summed E-state index contributed by atoms with van der Waals surface area (Å²) < 4.78 is 3.54. The Morgan fingerprint density at radius 1 is 0.579 bits per heavy atom. The van der Waals surface area contributed by atoms with Crippen molar-refractivity contribution in [2.45, 2.75) is 37.8 Å². The molecule has 38 heavy (non-hydrogen) atoms. The minimum atomic E-state index is 0.473. The van der Waals surface area contributed by atoms with Crippen LogP contribution in [0, 0.1) is 0 Å². The Hall–Kier alpha value is -4.01. The largest absolute Gasteiger partial charge is 0.338 e. The average Bonchev–Trinajstić information content (AvgIpc) is 3.27. The van der Waals surface area contributed by atoms with Crippen molar-refractivity contribution in [3.8, 4) is 0 Å². The Kier molecular flexibility index (Phi) is 4.78. The van der Waals surface area contributed by atoms with Crippen molar-refractivity contribution in [3.05, 3.63) is 109 Å². The standard InChI is InChI=1S/C36H32N2/c1-38(36-31-18-8-4-14-27(31)23-28-15-5-9-19-32(28)36)24-37(33-20-10-11-21-34(33)38)35-29-16-6-2-12-25(29)22-26-13-3-7-17-30(26)35/h2-9,12-19,22-24,33-34H,10-11,20-21H2,1H3/q+2. The van der Waals surface area contributed by atoms with Gasteiger partial charge >= 0.3 is 6.34 Å². The third kappa shape index (κ3) is 3.07. The molecule has 1 aliphatic carbocycles. The minimum absolute atomic E-state index is 0.473. The lowest BCUT2D eigenvalue weighted by Crippen LogP contribution is -2.54. The summed E-state index contributed by atoms with van der Waals surface area (Å²) >= 11 is 0. The normalized spacial score (nSPS) is 23.2. The van der Waals surface area contributed by atoms with Crippen LogP contribution in [0.5, 0.6) is 0 Å². The first kappa shape index (κ1) is 22.0. The molecule has 0 radical (unpaired) electrons. The van der Waals surface area contributed by atoms with Crippen molar-refractivity contribution < 1.29 is 4.58 Å². The van der Waals surface area contributed by atoms with Crippen LogP contribution in [0.2, 0.25) is 0 Å². The van der Waals surface area contributed by atoms with Gasteiger partial charge in [0.2, 0.25) is 11.7 Å². The maximum absolute atomic E-state index is 2.70. The third-order valence-corrected chi connectivity index (χ3v) is 9.33. The SMILES string of the molecule is C[N+]1(c2c3ccccc3cc3ccccc23)C=[N+](c2c3ccccc3cc3ccccc23)C2CCCCC21. The van der Waals surface area contributed by atoms with E-state index >= 15 is 0 Å². The molecular weight excluding hydrogens is 460 g/mol. The van der Waals surface area contributed by atoms with Crippen LogP contribution in [0.15, 0.2) is 109 Å². The molecule has 2 nitrogen and oxygen atoms in total. The lowest BCUT2D eigenvalue weighted by molar-refractivity contribution is -0.474. The van der Waals surface area contributed by atoms with Gasteiger partial charge in [-0.15, -0.1) is 4.58 Å². The quantitative estimate of drug-likeness (QED) is 0.129. The summed E-state index contributed by atoms with van der Waals surface area (Å²) in [5, 5.41) is 10.7. The molecule has 6 aromatic carbocycles. The van der Waals surface area contributed by atoms with E-state index in [1.165, 1.54) is 80.1 Å². The average molecular weight is 493 g/mol. The lowest BCUT2D eigenvalue weighted by Gasteiger charge is -2.34. The maximum Gasteiger partial charge on any atom is 0.338 e. The van der Waals surface area contributed by atoms with Gasteiger partial charge in [0.1, 0.15) is 0 Å². The monoisotopic (exact) mass is 492 g/mol. The van der Waals surface area contributed by atoms with E-state index < -0.39 is 0 Å². The fourth-order valence-electron chi connectivity index (χ4n) is 7.70. The zero-order valence-corrected chi connectivity index (χ0v) is 21.8. The van der Waals surface area contributed by atoms with E-state index in [0.29, 0.717) is 12.1 Å². The van der Waals surface area contributed by atoms with Crippen LogP contribution in [0.3, 0.4) is 0 Å². The zero-order chi connectivity index (χ0) is 25.3. The molecule has 0 amide bonds. The number of hydrogen-bond acceptors (Lipinski definition) is 0. The van der Waals surface area contributed by atoms with E-state index in [4.69, 9.17) is 0 Å². The second-order valence-electron chi connectivity index (χ2n) is 11.4. The van der Waals surface area contributed by atoms with Crippen molar-refractivity contribution in [1.82, 2.24) is 4.48 Å². The zero-order valence-electron chi connectivity index (χ0n) is 21.8. The number of likely N-dealkylation sites (N-methyl/N-ethyl adjacent to an activating group) is 1. The molecule has 3 atom stereocenters. The molecule has 1 heterocycles. The summed E-state index contributed by atoms with van der Waals surface area (Å²) in [6.45, 7) is 0. The van der Waals surface area contributed by atoms with E-state index in [0.717, 1.165) is 4.48 Å². The summed E-state index contributed by atoms with van der Waals surface area (Å²) in [6.07, 6.45) is 7.66. The molecule has 2 heteroatoms. The van der Waals surface area contributed by atoms with Crippen LogP contribution < -0.4 is 4.48 Å². The highest BCUT2D eigenvalue weighted by Gasteiger charge is 2.56. The van der Waals surface area contributed by atoms with Crippen LogP contribution in [0.25, 0.3) is 43.1 Å². The van der Waals surface area contributed by atoms with Crippen LogP contribution in [0.4, 0.5) is 11.4 Å². The fraction of sp³-hybridized carbons (Fsp3) is 0.194. The minimum Gasteiger partial charge on any atom is -0.204 e. The first-order chi connectivity index (χ1) is 18.7. The predicted molar refractivity (Wildman–Crippen MR) is 163 cm³/mol. The molecule has 3 unspecified atom stereocenters. The van der Waals surface area contributed by atoms with Gasteiger partial charge in [-0.1, -0.05) is 72.8 Å². The van der Waals surface area contributed by atoms with Crippen LogP contribution in [-0.2, 0) is 0 Å². The van der Waals surface area contributed by atoms with Crippen molar-refractivity contribution in [3.63, 3.8) is 0 Å². The number of benzene rings is 6. The number of nitrogens with zero attached hydrogens (tertiary/aromatic N) is 2. The van der Waals surface area contributed by atoms with Gasteiger partial charge in [0.15, 0.2) is 11.7 Å².